The number of hydrogen-bond donors (Lipinski definition) is 1. The van der Waals surface area contributed by atoms with Crippen molar-refractivity contribution in [1.82, 2.24) is 9.55 Å². The number of hydrogen-bond acceptors (Lipinski definition) is 3. The molecule has 0 aliphatic carbocycles. The minimum absolute atomic E-state index is 0.0447. The standard InChI is InChI=1S/C15H12IN3O/c16-13-11-6-7-19(9-10-4-2-1-3-5-10)15(20)12(11)8-18-14(13)17/h1-8H,9H2,(H2,17,18). The number of pyridine rings is 2. The third kappa shape index (κ3) is 2.29. The summed E-state index contributed by atoms with van der Waals surface area (Å²) in [6, 6.07) is 11.8. The van der Waals surface area contributed by atoms with Crippen LogP contribution in [0.2, 0.25) is 0 Å². The van der Waals surface area contributed by atoms with Crippen LogP contribution in [0, 0.1) is 3.57 Å². The predicted octanol–water partition coefficient (Wildman–Crippen LogP) is 2.63. The molecule has 3 aromatic rings. The summed E-state index contributed by atoms with van der Waals surface area (Å²) in [6.45, 7) is 0.552. The zero-order chi connectivity index (χ0) is 14.1. The lowest BCUT2D eigenvalue weighted by molar-refractivity contribution is 0.767. The maximum Gasteiger partial charge on any atom is 0.260 e. The van der Waals surface area contributed by atoms with Gasteiger partial charge in [-0.25, -0.2) is 4.98 Å². The summed E-state index contributed by atoms with van der Waals surface area (Å²) in [5.41, 5.74) is 6.82. The van der Waals surface area contributed by atoms with Crippen LogP contribution in [0.4, 0.5) is 5.82 Å². The van der Waals surface area contributed by atoms with E-state index in [1.807, 2.05) is 36.4 Å². The molecule has 2 N–H and O–H groups in total. The van der Waals surface area contributed by atoms with Gasteiger partial charge in [-0.1, -0.05) is 30.3 Å². The molecule has 2 heterocycles. The van der Waals surface area contributed by atoms with Crippen molar-refractivity contribution >= 4 is 39.2 Å². The van der Waals surface area contributed by atoms with Crippen LogP contribution in [0.15, 0.2) is 53.6 Å². The van der Waals surface area contributed by atoms with Crippen molar-refractivity contribution in [3.05, 3.63) is 68.3 Å². The fourth-order valence-corrected chi connectivity index (χ4v) is 2.75. The lowest BCUT2D eigenvalue weighted by Crippen LogP contribution is -2.20. The Kier molecular flexibility index (Phi) is 3.43. The van der Waals surface area contributed by atoms with Crippen LogP contribution in [-0.4, -0.2) is 9.55 Å². The van der Waals surface area contributed by atoms with Crippen LogP contribution in [0.5, 0.6) is 0 Å². The second-order valence-electron chi connectivity index (χ2n) is 4.52. The Bertz CT molecular complexity index is 828. The van der Waals surface area contributed by atoms with E-state index >= 15 is 0 Å². The smallest absolute Gasteiger partial charge is 0.260 e. The number of anilines is 1. The summed E-state index contributed by atoms with van der Waals surface area (Å²) in [5, 5.41) is 1.45. The molecule has 0 unspecified atom stereocenters. The molecular formula is C15H12IN3O. The first-order chi connectivity index (χ1) is 9.66. The van der Waals surface area contributed by atoms with Crippen molar-refractivity contribution in [3.63, 3.8) is 0 Å². The first kappa shape index (κ1) is 13.1. The fourth-order valence-electron chi connectivity index (χ4n) is 2.14. The van der Waals surface area contributed by atoms with Crippen molar-refractivity contribution in [3.8, 4) is 0 Å². The first-order valence-electron chi connectivity index (χ1n) is 6.14. The minimum atomic E-state index is -0.0447. The number of nitrogens with two attached hydrogens (primary N) is 1. The van der Waals surface area contributed by atoms with Crippen molar-refractivity contribution in [2.75, 3.05) is 5.73 Å². The Hall–Kier alpha value is -1.89. The van der Waals surface area contributed by atoms with E-state index in [0.29, 0.717) is 17.7 Å². The molecule has 1 aromatic carbocycles. The van der Waals surface area contributed by atoms with Crippen LogP contribution in [0.1, 0.15) is 5.56 Å². The van der Waals surface area contributed by atoms with Crippen molar-refractivity contribution in [2.45, 2.75) is 6.54 Å². The van der Waals surface area contributed by atoms with E-state index in [1.54, 1.807) is 17.0 Å². The van der Waals surface area contributed by atoms with E-state index in [1.165, 1.54) is 0 Å². The highest BCUT2D eigenvalue weighted by Crippen LogP contribution is 2.21. The molecule has 5 heteroatoms. The normalized spacial score (nSPS) is 10.8. The molecule has 0 radical (unpaired) electrons. The van der Waals surface area contributed by atoms with Gasteiger partial charge in [-0.15, -0.1) is 0 Å². The summed E-state index contributed by atoms with van der Waals surface area (Å²) >= 11 is 2.12. The van der Waals surface area contributed by atoms with Gasteiger partial charge in [0.15, 0.2) is 0 Å². The number of nitrogens with zero attached hydrogens (tertiary/aromatic N) is 2. The van der Waals surface area contributed by atoms with E-state index in [9.17, 15) is 4.79 Å². The van der Waals surface area contributed by atoms with Gasteiger partial charge >= 0.3 is 0 Å². The highest BCUT2D eigenvalue weighted by atomic mass is 127. The Morgan fingerprint density at radius 2 is 1.90 bits per heavy atom. The monoisotopic (exact) mass is 377 g/mol. The minimum Gasteiger partial charge on any atom is -0.383 e. The Morgan fingerprint density at radius 3 is 2.65 bits per heavy atom. The molecule has 0 atom stereocenters. The van der Waals surface area contributed by atoms with E-state index in [0.717, 1.165) is 14.5 Å². The summed E-state index contributed by atoms with van der Waals surface area (Å²) in [7, 11) is 0. The van der Waals surface area contributed by atoms with Gasteiger partial charge < -0.3 is 10.3 Å². The average molecular weight is 377 g/mol. The molecule has 3 rings (SSSR count). The molecule has 0 aliphatic heterocycles. The Labute approximate surface area is 129 Å². The van der Waals surface area contributed by atoms with Crippen LogP contribution >= 0.6 is 22.6 Å². The van der Waals surface area contributed by atoms with Gasteiger partial charge in [-0.2, -0.15) is 0 Å². The van der Waals surface area contributed by atoms with Gasteiger partial charge in [0.2, 0.25) is 0 Å². The number of aromatic nitrogens is 2. The first-order valence-corrected chi connectivity index (χ1v) is 7.22. The van der Waals surface area contributed by atoms with Crippen molar-refractivity contribution in [1.29, 1.82) is 0 Å². The van der Waals surface area contributed by atoms with E-state index < -0.39 is 0 Å². The SMILES string of the molecule is Nc1ncc2c(=O)n(Cc3ccccc3)ccc2c1I. The second-order valence-corrected chi connectivity index (χ2v) is 5.60. The third-order valence-electron chi connectivity index (χ3n) is 3.19. The zero-order valence-electron chi connectivity index (χ0n) is 10.6. The van der Waals surface area contributed by atoms with Gasteiger partial charge in [0.25, 0.3) is 5.56 Å². The van der Waals surface area contributed by atoms with Gasteiger partial charge in [0.05, 0.1) is 15.5 Å². The topological polar surface area (TPSA) is 60.9 Å². The number of fused-ring (bicyclic) bond motifs is 1. The lowest BCUT2D eigenvalue weighted by atomic mass is 10.2. The second kappa shape index (κ2) is 5.24. The molecule has 0 saturated heterocycles. The molecule has 0 spiro atoms. The highest BCUT2D eigenvalue weighted by Gasteiger charge is 2.08. The van der Waals surface area contributed by atoms with E-state index in [2.05, 4.69) is 27.6 Å². The average Bonchev–Trinajstić information content (AvgIpc) is 2.47. The summed E-state index contributed by atoms with van der Waals surface area (Å²) in [5.74, 6) is 0.457. The number of rotatable bonds is 2. The van der Waals surface area contributed by atoms with E-state index in [-0.39, 0.29) is 5.56 Å². The highest BCUT2D eigenvalue weighted by molar-refractivity contribution is 14.1. The molecule has 0 amide bonds. The Balaban J connectivity index is 2.13. The molecule has 4 nitrogen and oxygen atoms in total. The van der Waals surface area contributed by atoms with Crippen LogP contribution in [0.3, 0.4) is 0 Å². The van der Waals surface area contributed by atoms with E-state index in [4.69, 9.17) is 5.73 Å². The fraction of sp³-hybridized carbons (Fsp3) is 0.0667. The summed E-state index contributed by atoms with van der Waals surface area (Å²) < 4.78 is 2.51. The number of nitrogen functional groups attached to an aromatic ring is 1. The molecule has 100 valence electrons. The zero-order valence-corrected chi connectivity index (χ0v) is 12.7. The Morgan fingerprint density at radius 1 is 1.15 bits per heavy atom. The lowest BCUT2D eigenvalue weighted by Gasteiger charge is -2.08. The van der Waals surface area contributed by atoms with Crippen LogP contribution in [-0.2, 0) is 6.54 Å². The number of halogens is 1. The molecule has 0 aliphatic rings. The third-order valence-corrected chi connectivity index (χ3v) is 4.33. The van der Waals surface area contributed by atoms with Crippen LogP contribution < -0.4 is 11.3 Å². The number of benzene rings is 1. The molecule has 20 heavy (non-hydrogen) atoms. The summed E-state index contributed by atoms with van der Waals surface area (Å²) in [6.07, 6.45) is 3.36. The predicted molar refractivity (Wildman–Crippen MR) is 88.7 cm³/mol. The maximum atomic E-state index is 12.5. The quantitative estimate of drug-likeness (QED) is 0.699. The van der Waals surface area contributed by atoms with Gasteiger partial charge in [-0.05, 0) is 34.2 Å². The molecular weight excluding hydrogens is 365 g/mol. The van der Waals surface area contributed by atoms with Crippen molar-refractivity contribution in [2.24, 2.45) is 0 Å². The molecule has 0 fully saturated rings. The molecule has 0 saturated carbocycles. The van der Waals surface area contributed by atoms with Crippen molar-refractivity contribution < 1.29 is 0 Å². The van der Waals surface area contributed by atoms with Gasteiger partial charge in [0.1, 0.15) is 5.82 Å². The molecule has 0 bridgehead atoms. The van der Waals surface area contributed by atoms with Gasteiger partial charge in [0, 0.05) is 17.8 Å². The maximum absolute atomic E-state index is 12.5. The van der Waals surface area contributed by atoms with Gasteiger partial charge in [-0.3, -0.25) is 4.79 Å². The molecule has 2 aromatic heterocycles. The summed E-state index contributed by atoms with van der Waals surface area (Å²) in [4.78, 5) is 16.5. The largest absolute Gasteiger partial charge is 0.383 e. The van der Waals surface area contributed by atoms with Crippen LogP contribution in [0.25, 0.3) is 10.8 Å².